The summed E-state index contributed by atoms with van der Waals surface area (Å²) in [6, 6.07) is 14.9. The van der Waals surface area contributed by atoms with Gasteiger partial charge < -0.3 is 4.74 Å². The number of nitrogens with zero attached hydrogens (tertiary/aromatic N) is 1. The van der Waals surface area contributed by atoms with E-state index < -0.39 is 5.92 Å². The van der Waals surface area contributed by atoms with Crippen LogP contribution in [0.15, 0.2) is 48.5 Å². The van der Waals surface area contributed by atoms with Gasteiger partial charge in [-0.25, -0.2) is 0 Å². The predicted octanol–water partition coefficient (Wildman–Crippen LogP) is 4.92. The molecule has 0 N–H and O–H groups in total. The highest BCUT2D eigenvalue weighted by atomic mass is 16.5. The largest absolute Gasteiger partial charge is 0.494 e. The molecule has 0 bridgehead atoms. The number of rotatable bonds is 4. The van der Waals surface area contributed by atoms with E-state index in [9.17, 15) is 9.59 Å². The van der Waals surface area contributed by atoms with Gasteiger partial charge in [-0.2, -0.15) is 0 Å². The first kappa shape index (κ1) is 17.4. The minimum Gasteiger partial charge on any atom is -0.494 e. The average molecular weight is 359 g/mol. The summed E-state index contributed by atoms with van der Waals surface area (Å²) in [5.74, 6) is -0.233. The Hall–Kier alpha value is -3.01. The van der Waals surface area contributed by atoms with Crippen molar-refractivity contribution in [1.29, 1.82) is 0 Å². The van der Waals surface area contributed by atoms with E-state index in [0.717, 1.165) is 10.9 Å². The van der Waals surface area contributed by atoms with Gasteiger partial charge in [-0.15, -0.1) is 0 Å². The Bertz CT molecular complexity index is 1070. The van der Waals surface area contributed by atoms with Crippen LogP contribution in [0, 0.1) is 0 Å². The van der Waals surface area contributed by atoms with Gasteiger partial charge >= 0.3 is 0 Å². The molecule has 0 saturated heterocycles. The van der Waals surface area contributed by atoms with Crippen LogP contribution in [0.3, 0.4) is 0 Å². The molecule has 1 heterocycles. The Morgan fingerprint density at radius 1 is 0.963 bits per heavy atom. The lowest BCUT2D eigenvalue weighted by Gasteiger charge is -2.10. The van der Waals surface area contributed by atoms with Crippen LogP contribution in [-0.2, 0) is 0 Å². The van der Waals surface area contributed by atoms with E-state index in [1.807, 2.05) is 25.1 Å². The van der Waals surface area contributed by atoms with Crippen molar-refractivity contribution in [1.82, 2.24) is 4.98 Å². The fourth-order valence-corrected chi connectivity index (χ4v) is 3.58. The predicted molar refractivity (Wildman–Crippen MR) is 105 cm³/mol. The molecule has 1 atom stereocenters. The molecule has 0 amide bonds. The van der Waals surface area contributed by atoms with Crippen molar-refractivity contribution in [3.63, 3.8) is 0 Å². The van der Waals surface area contributed by atoms with Gasteiger partial charge in [0.1, 0.15) is 11.7 Å². The van der Waals surface area contributed by atoms with E-state index in [1.165, 1.54) is 5.56 Å². The highest BCUT2D eigenvalue weighted by molar-refractivity contribution is 6.29. The quantitative estimate of drug-likeness (QED) is 0.621. The van der Waals surface area contributed by atoms with E-state index in [-0.39, 0.29) is 11.6 Å². The van der Waals surface area contributed by atoms with Crippen LogP contribution in [-0.4, -0.2) is 23.2 Å². The fraction of sp³-hybridized carbons (Fsp3) is 0.261. The number of fused-ring (bicyclic) bond motifs is 2. The van der Waals surface area contributed by atoms with E-state index in [4.69, 9.17) is 4.74 Å². The Balaban J connectivity index is 1.74. The number of hydrogen-bond acceptors (Lipinski definition) is 4. The molecule has 1 aromatic heterocycles. The maximum absolute atomic E-state index is 12.9. The van der Waals surface area contributed by atoms with Crippen molar-refractivity contribution in [3.8, 4) is 5.75 Å². The van der Waals surface area contributed by atoms with Crippen molar-refractivity contribution >= 4 is 22.5 Å². The van der Waals surface area contributed by atoms with Crippen molar-refractivity contribution in [2.45, 2.75) is 32.6 Å². The lowest BCUT2D eigenvalue weighted by molar-refractivity contribution is 0.0888. The van der Waals surface area contributed by atoms with Crippen LogP contribution in [0.1, 0.15) is 64.6 Å². The molecular formula is C23H21NO3. The van der Waals surface area contributed by atoms with Crippen LogP contribution < -0.4 is 4.74 Å². The standard InChI is InChI=1S/C23H21NO3/c1-4-27-16-7-8-17-18(12-16)23(26)21(22(17)25)20-10-6-15-11-14(13(2)3)5-9-19(15)24-20/h5-13,21H,4H2,1-3H3. The number of carbonyl (C=O) groups is 2. The van der Waals surface area contributed by atoms with Gasteiger partial charge in [-0.1, -0.05) is 26.0 Å². The minimum atomic E-state index is -0.869. The average Bonchev–Trinajstić information content (AvgIpc) is 2.91. The molecule has 1 aliphatic carbocycles. The Morgan fingerprint density at radius 2 is 1.74 bits per heavy atom. The van der Waals surface area contributed by atoms with Crippen molar-refractivity contribution in [3.05, 3.63) is 70.9 Å². The fourth-order valence-electron chi connectivity index (χ4n) is 3.58. The maximum Gasteiger partial charge on any atom is 0.180 e. The highest BCUT2D eigenvalue weighted by Gasteiger charge is 2.40. The van der Waals surface area contributed by atoms with E-state index >= 15 is 0 Å². The van der Waals surface area contributed by atoms with Crippen LogP contribution in [0.2, 0.25) is 0 Å². The smallest absolute Gasteiger partial charge is 0.180 e. The van der Waals surface area contributed by atoms with E-state index in [0.29, 0.717) is 35.1 Å². The molecule has 0 fully saturated rings. The first-order valence-electron chi connectivity index (χ1n) is 9.25. The molecule has 136 valence electrons. The molecular weight excluding hydrogens is 338 g/mol. The molecule has 1 unspecified atom stereocenters. The summed E-state index contributed by atoms with van der Waals surface area (Å²) in [4.78, 5) is 30.4. The molecule has 0 spiro atoms. The molecule has 2 aromatic carbocycles. The SMILES string of the molecule is CCOc1ccc2c(c1)C(=O)C(c1ccc3cc(C(C)C)ccc3n1)C2=O. The molecule has 4 heteroatoms. The summed E-state index contributed by atoms with van der Waals surface area (Å²) in [6.45, 7) is 6.68. The topological polar surface area (TPSA) is 56.3 Å². The van der Waals surface area contributed by atoms with Gasteiger partial charge in [0.2, 0.25) is 0 Å². The van der Waals surface area contributed by atoms with Gasteiger partial charge in [0, 0.05) is 16.5 Å². The highest BCUT2D eigenvalue weighted by Crippen LogP contribution is 2.36. The molecule has 1 aliphatic rings. The third kappa shape index (κ3) is 2.91. The first-order chi connectivity index (χ1) is 13.0. The number of aromatic nitrogens is 1. The monoisotopic (exact) mass is 359 g/mol. The summed E-state index contributed by atoms with van der Waals surface area (Å²) >= 11 is 0. The van der Waals surface area contributed by atoms with Crippen molar-refractivity contribution in [2.75, 3.05) is 6.61 Å². The second-order valence-corrected chi connectivity index (χ2v) is 7.14. The number of pyridine rings is 1. The Morgan fingerprint density at radius 3 is 2.48 bits per heavy atom. The van der Waals surface area contributed by atoms with Crippen LogP contribution in [0.25, 0.3) is 10.9 Å². The van der Waals surface area contributed by atoms with Gasteiger partial charge in [0.25, 0.3) is 0 Å². The van der Waals surface area contributed by atoms with Gasteiger partial charge in [-0.3, -0.25) is 14.6 Å². The first-order valence-corrected chi connectivity index (χ1v) is 9.25. The van der Waals surface area contributed by atoms with Crippen molar-refractivity contribution in [2.24, 2.45) is 0 Å². The molecule has 0 radical (unpaired) electrons. The molecule has 0 aliphatic heterocycles. The van der Waals surface area contributed by atoms with Crippen LogP contribution in [0.4, 0.5) is 0 Å². The van der Waals surface area contributed by atoms with Gasteiger partial charge in [-0.05, 0) is 54.8 Å². The molecule has 27 heavy (non-hydrogen) atoms. The summed E-state index contributed by atoms with van der Waals surface area (Å²) in [6.07, 6.45) is 0. The normalized spacial score (nSPS) is 16.2. The third-order valence-electron chi connectivity index (χ3n) is 5.05. The second kappa shape index (κ2) is 6.62. The second-order valence-electron chi connectivity index (χ2n) is 7.14. The van der Waals surface area contributed by atoms with Crippen LogP contribution >= 0.6 is 0 Å². The van der Waals surface area contributed by atoms with Gasteiger partial charge in [0.15, 0.2) is 11.6 Å². The number of ether oxygens (including phenoxy) is 1. The third-order valence-corrected chi connectivity index (χ3v) is 5.05. The number of ketones is 2. The molecule has 4 rings (SSSR count). The summed E-state index contributed by atoms with van der Waals surface area (Å²) in [5.41, 5.74) is 3.41. The number of Topliss-reactive ketones (excluding diaryl/α,β-unsaturated/α-hetero) is 2. The number of carbonyl (C=O) groups excluding carboxylic acids is 2. The summed E-state index contributed by atoms with van der Waals surface area (Å²) in [5, 5.41) is 1.01. The minimum absolute atomic E-state index is 0.191. The maximum atomic E-state index is 12.9. The zero-order valence-electron chi connectivity index (χ0n) is 15.7. The lowest BCUT2D eigenvalue weighted by Crippen LogP contribution is -2.14. The van der Waals surface area contributed by atoms with Gasteiger partial charge in [0.05, 0.1) is 17.8 Å². The zero-order chi connectivity index (χ0) is 19.1. The molecule has 3 aromatic rings. The van der Waals surface area contributed by atoms with E-state index in [2.05, 4.69) is 24.9 Å². The van der Waals surface area contributed by atoms with Crippen molar-refractivity contribution < 1.29 is 14.3 Å². The molecule has 0 saturated carbocycles. The summed E-state index contributed by atoms with van der Waals surface area (Å²) < 4.78 is 5.46. The molecule has 4 nitrogen and oxygen atoms in total. The zero-order valence-corrected chi connectivity index (χ0v) is 15.7. The number of benzene rings is 2. The van der Waals surface area contributed by atoms with E-state index in [1.54, 1.807) is 24.3 Å². The number of hydrogen-bond donors (Lipinski definition) is 0. The Labute approximate surface area is 158 Å². The summed E-state index contributed by atoms with van der Waals surface area (Å²) in [7, 11) is 0. The lowest BCUT2D eigenvalue weighted by atomic mass is 9.97. The Kier molecular flexibility index (Phi) is 4.27. The van der Waals surface area contributed by atoms with Crippen LogP contribution in [0.5, 0.6) is 5.75 Å².